The second-order valence-corrected chi connectivity index (χ2v) is 3.11. The third-order valence-corrected chi connectivity index (χ3v) is 1.82. The van der Waals surface area contributed by atoms with Crippen LogP contribution in [0.1, 0.15) is 6.92 Å². The van der Waals surface area contributed by atoms with Crippen molar-refractivity contribution in [3.63, 3.8) is 0 Å². The Kier molecular flexibility index (Phi) is 3.84. The fourth-order valence-electron chi connectivity index (χ4n) is 1.12. The molecular weight excluding hydrogens is 194 g/mol. The number of nitrogen functional groups attached to an aromatic ring is 1. The monoisotopic (exact) mass is 209 g/mol. The van der Waals surface area contributed by atoms with Gasteiger partial charge in [0, 0.05) is 19.7 Å². The standard InChI is InChI=1S/C9H15N5O/c1-3-11-9(15)5-14(2)8-4-7(10)12-6-13-8/h4,6H,3,5H2,1-2H3,(H,11,15)(H2,10,12,13). The molecule has 1 aromatic heterocycles. The van der Waals surface area contributed by atoms with Crippen molar-refractivity contribution in [1.29, 1.82) is 0 Å². The molecule has 0 bridgehead atoms. The van der Waals surface area contributed by atoms with Gasteiger partial charge in [0.05, 0.1) is 6.54 Å². The number of nitrogens with two attached hydrogens (primary N) is 1. The molecule has 15 heavy (non-hydrogen) atoms. The van der Waals surface area contributed by atoms with Crippen molar-refractivity contribution in [3.05, 3.63) is 12.4 Å². The van der Waals surface area contributed by atoms with Crippen molar-refractivity contribution in [1.82, 2.24) is 15.3 Å². The highest BCUT2D eigenvalue weighted by Gasteiger charge is 2.07. The average molecular weight is 209 g/mol. The minimum atomic E-state index is -0.0443. The Morgan fingerprint density at radius 1 is 1.60 bits per heavy atom. The fourth-order valence-corrected chi connectivity index (χ4v) is 1.12. The SMILES string of the molecule is CCNC(=O)CN(C)c1cc(N)ncn1. The van der Waals surface area contributed by atoms with Gasteiger partial charge in [-0.25, -0.2) is 9.97 Å². The van der Waals surface area contributed by atoms with E-state index in [4.69, 9.17) is 5.73 Å². The molecule has 82 valence electrons. The molecule has 0 saturated heterocycles. The molecule has 0 saturated carbocycles. The van der Waals surface area contributed by atoms with Crippen LogP contribution in [-0.2, 0) is 4.79 Å². The van der Waals surface area contributed by atoms with Gasteiger partial charge in [0.25, 0.3) is 0 Å². The number of anilines is 2. The van der Waals surface area contributed by atoms with Gasteiger partial charge in [-0.15, -0.1) is 0 Å². The van der Waals surface area contributed by atoms with E-state index in [1.165, 1.54) is 6.33 Å². The summed E-state index contributed by atoms with van der Waals surface area (Å²) >= 11 is 0. The van der Waals surface area contributed by atoms with Crippen LogP contribution < -0.4 is 16.0 Å². The molecule has 1 aromatic rings. The zero-order valence-corrected chi connectivity index (χ0v) is 8.90. The van der Waals surface area contributed by atoms with Crippen molar-refractivity contribution in [2.24, 2.45) is 0 Å². The van der Waals surface area contributed by atoms with Crippen LogP contribution in [-0.4, -0.2) is 36.0 Å². The molecule has 0 aromatic carbocycles. The molecule has 0 aliphatic carbocycles. The van der Waals surface area contributed by atoms with Gasteiger partial charge >= 0.3 is 0 Å². The van der Waals surface area contributed by atoms with Crippen LogP contribution in [0.25, 0.3) is 0 Å². The molecule has 0 aliphatic heterocycles. The first-order chi connectivity index (χ1) is 7.13. The van der Waals surface area contributed by atoms with E-state index in [-0.39, 0.29) is 12.5 Å². The molecule has 1 rings (SSSR count). The first kappa shape index (κ1) is 11.2. The molecule has 6 heteroatoms. The highest BCUT2D eigenvalue weighted by atomic mass is 16.2. The lowest BCUT2D eigenvalue weighted by Crippen LogP contribution is -2.35. The van der Waals surface area contributed by atoms with Gasteiger partial charge in [-0.05, 0) is 6.92 Å². The Hall–Kier alpha value is -1.85. The maximum absolute atomic E-state index is 11.3. The van der Waals surface area contributed by atoms with Gasteiger partial charge in [-0.1, -0.05) is 0 Å². The Bertz CT molecular complexity index is 341. The number of rotatable bonds is 4. The zero-order valence-electron chi connectivity index (χ0n) is 8.90. The molecule has 6 nitrogen and oxygen atoms in total. The predicted octanol–water partition coefficient (Wildman–Crippen LogP) is -0.369. The maximum atomic E-state index is 11.3. The molecule has 1 heterocycles. The van der Waals surface area contributed by atoms with Gasteiger partial charge < -0.3 is 16.0 Å². The van der Waals surface area contributed by atoms with E-state index in [0.717, 1.165) is 0 Å². The number of nitrogens with one attached hydrogen (secondary N) is 1. The lowest BCUT2D eigenvalue weighted by Gasteiger charge is -2.17. The molecular formula is C9H15N5O. The molecule has 0 aliphatic rings. The Morgan fingerprint density at radius 3 is 2.93 bits per heavy atom. The van der Waals surface area contributed by atoms with Crippen LogP contribution in [0, 0.1) is 0 Å². The van der Waals surface area contributed by atoms with Crippen LogP contribution in [0.15, 0.2) is 12.4 Å². The van der Waals surface area contributed by atoms with Crippen LogP contribution in [0.2, 0.25) is 0 Å². The fraction of sp³-hybridized carbons (Fsp3) is 0.444. The molecule has 1 amide bonds. The maximum Gasteiger partial charge on any atom is 0.239 e. The summed E-state index contributed by atoms with van der Waals surface area (Å²) in [5, 5.41) is 2.71. The third kappa shape index (κ3) is 3.41. The molecule has 3 N–H and O–H groups in total. The topological polar surface area (TPSA) is 84.1 Å². The lowest BCUT2D eigenvalue weighted by molar-refractivity contribution is -0.119. The van der Waals surface area contributed by atoms with Crippen molar-refractivity contribution in [2.75, 3.05) is 30.8 Å². The minimum Gasteiger partial charge on any atom is -0.384 e. The summed E-state index contributed by atoms with van der Waals surface area (Å²) in [5.41, 5.74) is 5.51. The van der Waals surface area contributed by atoms with Gasteiger partial charge in [0.15, 0.2) is 0 Å². The van der Waals surface area contributed by atoms with E-state index in [0.29, 0.717) is 18.2 Å². The number of amides is 1. The summed E-state index contributed by atoms with van der Waals surface area (Å²) in [5.74, 6) is 0.980. The number of aromatic nitrogens is 2. The lowest BCUT2D eigenvalue weighted by atomic mass is 10.4. The van der Waals surface area contributed by atoms with E-state index >= 15 is 0 Å². The minimum absolute atomic E-state index is 0.0443. The Labute approximate surface area is 88.5 Å². The highest BCUT2D eigenvalue weighted by Crippen LogP contribution is 2.08. The second kappa shape index (κ2) is 5.14. The largest absolute Gasteiger partial charge is 0.384 e. The predicted molar refractivity (Wildman–Crippen MR) is 58.4 cm³/mol. The zero-order chi connectivity index (χ0) is 11.3. The Morgan fingerprint density at radius 2 is 2.33 bits per heavy atom. The normalized spacial score (nSPS) is 9.73. The van der Waals surface area contributed by atoms with Gasteiger partial charge in [0.2, 0.25) is 5.91 Å². The van der Waals surface area contributed by atoms with Crippen molar-refractivity contribution in [2.45, 2.75) is 6.92 Å². The number of hydrogen-bond acceptors (Lipinski definition) is 5. The first-order valence-electron chi connectivity index (χ1n) is 4.69. The Balaban J connectivity index is 2.60. The third-order valence-electron chi connectivity index (χ3n) is 1.82. The summed E-state index contributed by atoms with van der Waals surface area (Å²) in [6.07, 6.45) is 1.37. The van der Waals surface area contributed by atoms with Crippen LogP contribution in [0.3, 0.4) is 0 Å². The van der Waals surface area contributed by atoms with Crippen molar-refractivity contribution < 1.29 is 4.79 Å². The van der Waals surface area contributed by atoms with Crippen LogP contribution in [0.4, 0.5) is 11.6 Å². The molecule has 0 atom stereocenters. The molecule has 0 fully saturated rings. The van der Waals surface area contributed by atoms with Crippen LogP contribution in [0.5, 0.6) is 0 Å². The molecule has 0 spiro atoms. The van der Waals surface area contributed by atoms with E-state index in [1.54, 1.807) is 18.0 Å². The smallest absolute Gasteiger partial charge is 0.239 e. The number of carbonyl (C=O) groups excluding carboxylic acids is 1. The molecule has 0 radical (unpaired) electrons. The number of likely N-dealkylation sites (N-methyl/N-ethyl adjacent to an activating group) is 2. The average Bonchev–Trinajstić information content (AvgIpc) is 2.18. The quantitative estimate of drug-likeness (QED) is 0.707. The highest BCUT2D eigenvalue weighted by molar-refractivity contribution is 5.80. The van der Waals surface area contributed by atoms with Gasteiger partial charge in [-0.3, -0.25) is 4.79 Å². The number of carbonyl (C=O) groups is 1. The number of nitrogens with zero attached hydrogens (tertiary/aromatic N) is 3. The van der Waals surface area contributed by atoms with E-state index in [1.807, 2.05) is 6.92 Å². The summed E-state index contributed by atoms with van der Waals surface area (Å²) in [4.78, 5) is 20.8. The second-order valence-electron chi connectivity index (χ2n) is 3.11. The first-order valence-corrected chi connectivity index (χ1v) is 4.69. The van der Waals surface area contributed by atoms with Gasteiger partial charge in [-0.2, -0.15) is 0 Å². The summed E-state index contributed by atoms with van der Waals surface area (Å²) in [6.45, 7) is 2.75. The van der Waals surface area contributed by atoms with E-state index < -0.39 is 0 Å². The van der Waals surface area contributed by atoms with Crippen molar-refractivity contribution >= 4 is 17.5 Å². The van der Waals surface area contributed by atoms with Gasteiger partial charge in [0.1, 0.15) is 18.0 Å². The summed E-state index contributed by atoms with van der Waals surface area (Å²) in [7, 11) is 1.77. The summed E-state index contributed by atoms with van der Waals surface area (Å²) in [6, 6.07) is 1.62. The van der Waals surface area contributed by atoms with E-state index in [2.05, 4.69) is 15.3 Å². The van der Waals surface area contributed by atoms with Crippen LogP contribution >= 0.6 is 0 Å². The summed E-state index contributed by atoms with van der Waals surface area (Å²) < 4.78 is 0. The molecule has 0 unspecified atom stereocenters. The van der Waals surface area contributed by atoms with E-state index in [9.17, 15) is 4.79 Å². The number of hydrogen-bond donors (Lipinski definition) is 2. The van der Waals surface area contributed by atoms with Crippen molar-refractivity contribution in [3.8, 4) is 0 Å².